The maximum atomic E-state index is 11.7. The number of hydrogen-bond donors (Lipinski definition) is 3. The SMILES string of the molecule is CC[C@H](CO)NC(=O)c1cc(N)cn1C. The molecule has 4 N–H and O–H groups in total. The third-order valence-electron chi connectivity index (χ3n) is 2.31. The number of anilines is 1. The maximum Gasteiger partial charge on any atom is 0.268 e. The Morgan fingerprint density at radius 1 is 1.73 bits per heavy atom. The van der Waals surface area contributed by atoms with E-state index in [-0.39, 0.29) is 18.6 Å². The molecule has 0 radical (unpaired) electrons. The molecule has 84 valence electrons. The van der Waals surface area contributed by atoms with E-state index in [1.807, 2.05) is 6.92 Å². The molecule has 1 heterocycles. The van der Waals surface area contributed by atoms with Crippen molar-refractivity contribution in [3.05, 3.63) is 18.0 Å². The zero-order chi connectivity index (χ0) is 11.4. The number of carbonyl (C=O) groups excluding carboxylic acids is 1. The second kappa shape index (κ2) is 4.84. The predicted molar refractivity (Wildman–Crippen MR) is 58.5 cm³/mol. The molecule has 0 aromatic carbocycles. The fourth-order valence-electron chi connectivity index (χ4n) is 1.35. The number of nitrogens with zero attached hydrogens (tertiary/aromatic N) is 1. The Morgan fingerprint density at radius 2 is 2.40 bits per heavy atom. The summed E-state index contributed by atoms with van der Waals surface area (Å²) in [4.78, 5) is 11.7. The molecule has 1 atom stereocenters. The van der Waals surface area contributed by atoms with Crippen LogP contribution in [0.15, 0.2) is 12.3 Å². The fourth-order valence-corrected chi connectivity index (χ4v) is 1.35. The molecule has 0 fully saturated rings. The molecule has 5 heteroatoms. The average molecular weight is 211 g/mol. The van der Waals surface area contributed by atoms with Crippen molar-refractivity contribution in [1.29, 1.82) is 0 Å². The lowest BCUT2D eigenvalue weighted by Crippen LogP contribution is -2.37. The number of aromatic nitrogens is 1. The number of amides is 1. The minimum atomic E-state index is -0.213. The van der Waals surface area contributed by atoms with Crippen LogP contribution < -0.4 is 11.1 Å². The van der Waals surface area contributed by atoms with Crippen LogP contribution in [0.1, 0.15) is 23.8 Å². The van der Waals surface area contributed by atoms with E-state index in [1.165, 1.54) is 0 Å². The quantitative estimate of drug-likeness (QED) is 0.661. The highest BCUT2D eigenvalue weighted by Gasteiger charge is 2.14. The molecule has 0 saturated heterocycles. The molecule has 1 amide bonds. The van der Waals surface area contributed by atoms with Crippen LogP contribution in [0.4, 0.5) is 5.69 Å². The van der Waals surface area contributed by atoms with Crippen molar-refractivity contribution in [3.8, 4) is 0 Å². The fraction of sp³-hybridized carbons (Fsp3) is 0.500. The maximum absolute atomic E-state index is 11.7. The van der Waals surface area contributed by atoms with Crippen LogP contribution in [0.2, 0.25) is 0 Å². The highest BCUT2D eigenvalue weighted by molar-refractivity contribution is 5.93. The summed E-state index contributed by atoms with van der Waals surface area (Å²) < 4.78 is 1.66. The van der Waals surface area contributed by atoms with Gasteiger partial charge in [-0.3, -0.25) is 4.79 Å². The minimum Gasteiger partial charge on any atom is -0.397 e. The van der Waals surface area contributed by atoms with Crippen LogP contribution in [0.5, 0.6) is 0 Å². The molecule has 1 rings (SSSR count). The molecule has 15 heavy (non-hydrogen) atoms. The van der Waals surface area contributed by atoms with Gasteiger partial charge in [0.05, 0.1) is 18.3 Å². The Kier molecular flexibility index (Phi) is 3.74. The number of nitrogens with two attached hydrogens (primary N) is 1. The van der Waals surface area contributed by atoms with E-state index in [2.05, 4.69) is 5.32 Å². The number of nitrogen functional groups attached to an aromatic ring is 1. The summed E-state index contributed by atoms with van der Waals surface area (Å²) in [7, 11) is 1.76. The third-order valence-corrected chi connectivity index (χ3v) is 2.31. The first kappa shape index (κ1) is 11.6. The molecular formula is C10H17N3O2. The highest BCUT2D eigenvalue weighted by Crippen LogP contribution is 2.08. The Balaban J connectivity index is 2.72. The van der Waals surface area contributed by atoms with Gasteiger partial charge in [0.25, 0.3) is 5.91 Å². The molecule has 5 nitrogen and oxygen atoms in total. The van der Waals surface area contributed by atoms with Crippen LogP contribution in [-0.4, -0.2) is 28.2 Å². The van der Waals surface area contributed by atoms with Crippen LogP contribution in [0, 0.1) is 0 Å². The summed E-state index contributed by atoms with van der Waals surface area (Å²) in [6, 6.07) is 1.41. The van der Waals surface area contributed by atoms with E-state index < -0.39 is 0 Å². The van der Waals surface area contributed by atoms with Crippen LogP contribution >= 0.6 is 0 Å². The lowest BCUT2D eigenvalue weighted by Gasteiger charge is -2.13. The van der Waals surface area contributed by atoms with Crippen molar-refractivity contribution in [2.45, 2.75) is 19.4 Å². The molecule has 1 aromatic rings. The molecule has 1 aromatic heterocycles. The predicted octanol–water partition coefficient (Wildman–Crippen LogP) is 0.108. The van der Waals surface area contributed by atoms with Gasteiger partial charge < -0.3 is 20.7 Å². The number of hydrogen-bond acceptors (Lipinski definition) is 3. The first-order chi connectivity index (χ1) is 7.08. The van der Waals surface area contributed by atoms with Gasteiger partial charge in [-0.1, -0.05) is 6.92 Å². The summed E-state index contributed by atoms with van der Waals surface area (Å²) in [6.07, 6.45) is 2.37. The molecule has 0 aliphatic heterocycles. The van der Waals surface area contributed by atoms with Gasteiger partial charge in [-0.05, 0) is 12.5 Å². The minimum absolute atomic E-state index is 0.0534. The number of nitrogens with one attached hydrogen (secondary N) is 1. The summed E-state index contributed by atoms with van der Waals surface area (Å²) in [5.74, 6) is -0.213. The first-order valence-corrected chi connectivity index (χ1v) is 4.92. The lowest BCUT2D eigenvalue weighted by atomic mass is 10.2. The van der Waals surface area contributed by atoms with Crippen molar-refractivity contribution >= 4 is 11.6 Å². The zero-order valence-corrected chi connectivity index (χ0v) is 9.03. The van der Waals surface area contributed by atoms with Gasteiger partial charge in [-0.2, -0.15) is 0 Å². The highest BCUT2D eigenvalue weighted by atomic mass is 16.3. The van der Waals surface area contributed by atoms with Gasteiger partial charge in [-0.25, -0.2) is 0 Å². The Labute approximate surface area is 88.9 Å². The Bertz CT molecular complexity index is 342. The molecule has 0 saturated carbocycles. The van der Waals surface area contributed by atoms with E-state index in [1.54, 1.807) is 23.9 Å². The lowest BCUT2D eigenvalue weighted by molar-refractivity contribution is 0.0906. The largest absolute Gasteiger partial charge is 0.397 e. The zero-order valence-electron chi connectivity index (χ0n) is 9.03. The normalized spacial score (nSPS) is 12.5. The molecule has 0 aliphatic carbocycles. The second-order valence-corrected chi connectivity index (χ2v) is 3.53. The topological polar surface area (TPSA) is 80.3 Å². The monoisotopic (exact) mass is 211 g/mol. The standard InChI is InChI=1S/C10H17N3O2/c1-3-8(6-14)12-10(15)9-4-7(11)5-13(9)2/h4-5,8,14H,3,6,11H2,1-2H3,(H,12,15)/t8-/m1/s1. The Morgan fingerprint density at radius 3 is 2.80 bits per heavy atom. The number of carbonyl (C=O) groups is 1. The number of rotatable bonds is 4. The Hall–Kier alpha value is -1.49. The average Bonchev–Trinajstić information content (AvgIpc) is 2.54. The van der Waals surface area contributed by atoms with Crippen LogP contribution in [-0.2, 0) is 7.05 Å². The van der Waals surface area contributed by atoms with E-state index >= 15 is 0 Å². The number of aliphatic hydroxyl groups excluding tert-OH is 1. The summed E-state index contributed by atoms with van der Waals surface area (Å²) in [5, 5.41) is 11.7. The smallest absolute Gasteiger partial charge is 0.268 e. The van der Waals surface area contributed by atoms with Crippen molar-refractivity contribution in [2.75, 3.05) is 12.3 Å². The molecule has 0 aliphatic rings. The van der Waals surface area contributed by atoms with Crippen molar-refractivity contribution in [1.82, 2.24) is 9.88 Å². The van der Waals surface area contributed by atoms with Gasteiger partial charge in [-0.15, -0.1) is 0 Å². The van der Waals surface area contributed by atoms with Gasteiger partial charge >= 0.3 is 0 Å². The van der Waals surface area contributed by atoms with Gasteiger partial charge in [0, 0.05) is 13.2 Å². The van der Waals surface area contributed by atoms with E-state index in [9.17, 15) is 4.79 Å². The number of aliphatic hydroxyl groups is 1. The summed E-state index contributed by atoms with van der Waals surface area (Å²) in [5.41, 5.74) is 6.62. The summed E-state index contributed by atoms with van der Waals surface area (Å²) in [6.45, 7) is 1.85. The summed E-state index contributed by atoms with van der Waals surface area (Å²) >= 11 is 0. The van der Waals surface area contributed by atoms with E-state index in [4.69, 9.17) is 10.8 Å². The second-order valence-electron chi connectivity index (χ2n) is 3.53. The van der Waals surface area contributed by atoms with Crippen LogP contribution in [0.3, 0.4) is 0 Å². The van der Waals surface area contributed by atoms with Crippen molar-refractivity contribution in [3.63, 3.8) is 0 Å². The molecule has 0 spiro atoms. The van der Waals surface area contributed by atoms with E-state index in [0.29, 0.717) is 17.8 Å². The van der Waals surface area contributed by atoms with Gasteiger partial charge in [0.15, 0.2) is 0 Å². The number of aryl methyl sites for hydroxylation is 1. The molecule has 0 unspecified atom stereocenters. The van der Waals surface area contributed by atoms with Crippen LogP contribution in [0.25, 0.3) is 0 Å². The van der Waals surface area contributed by atoms with Gasteiger partial charge in [0.2, 0.25) is 0 Å². The van der Waals surface area contributed by atoms with Crippen molar-refractivity contribution < 1.29 is 9.90 Å². The third kappa shape index (κ3) is 2.73. The van der Waals surface area contributed by atoms with Gasteiger partial charge in [0.1, 0.15) is 5.69 Å². The molecular weight excluding hydrogens is 194 g/mol. The molecule has 0 bridgehead atoms. The first-order valence-electron chi connectivity index (χ1n) is 4.92. The van der Waals surface area contributed by atoms with E-state index in [0.717, 1.165) is 0 Å². The van der Waals surface area contributed by atoms with Crippen molar-refractivity contribution in [2.24, 2.45) is 7.05 Å².